The number of amides is 1. The van der Waals surface area contributed by atoms with Crippen LogP contribution in [0.5, 0.6) is 0 Å². The molecule has 13 heteroatoms. The van der Waals surface area contributed by atoms with Gasteiger partial charge < -0.3 is 9.79 Å². The van der Waals surface area contributed by atoms with Crippen LogP contribution >= 0.6 is 19.2 Å². The van der Waals surface area contributed by atoms with Gasteiger partial charge in [0.05, 0.1) is 10.9 Å². The number of carbonyl (C=O) groups excluding carboxylic acids is 1. The van der Waals surface area contributed by atoms with E-state index in [1.807, 2.05) is 0 Å². The summed E-state index contributed by atoms with van der Waals surface area (Å²) in [4.78, 5) is 38.8. The van der Waals surface area contributed by atoms with Crippen LogP contribution in [-0.2, 0) is 15.3 Å². The molecule has 3 aromatic rings. The summed E-state index contributed by atoms with van der Waals surface area (Å²) >= 11 is 0.730. The van der Waals surface area contributed by atoms with Crippen LogP contribution in [0, 0.1) is 0 Å². The number of aromatic nitrogens is 2. The molecule has 28 heavy (non-hydrogen) atoms. The van der Waals surface area contributed by atoms with Gasteiger partial charge in [0.15, 0.2) is 5.13 Å². The number of hydrogen-bond acceptors (Lipinski definition) is 6. The minimum atomic E-state index is -4.91. The molecule has 0 atom stereocenters. The second-order valence-corrected chi connectivity index (χ2v) is 7.63. The first-order valence-corrected chi connectivity index (χ1v) is 9.80. The van der Waals surface area contributed by atoms with Crippen molar-refractivity contribution in [3.05, 3.63) is 53.9 Å². The zero-order valence-corrected chi connectivity index (χ0v) is 15.4. The Morgan fingerprint density at radius 3 is 2.54 bits per heavy atom. The summed E-state index contributed by atoms with van der Waals surface area (Å²) in [6.45, 7) is -0.850. The number of hydrogen-bond donors (Lipinski definition) is 2. The summed E-state index contributed by atoms with van der Waals surface area (Å²) < 4.78 is 54.0. The molecule has 0 aliphatic heterocycles. The number of rotatable bonds is 5. The molecule has 0 fully saturated rings. The topological polar surface area (TPSA) is 113 Å². The highest BCUT2D eigenvalue weighted by atomic mass is 32.1. The third-order valence-electron chi connectivity index (χ3n) is 3.41. The van der Waals surface area contributed by atoms with E-state index >= 15 is 0 Å². The Hall–Kier alpha value is -2.37. The molecule has 0 bridgehead atoms. The molecule has 1 aromatic carbocycles. The van der Waals surface area contributed by atoms with Gasteiger partial charge in [0.25, 0.3) is 5.91 Å². The SMILES string of the molecule is O=C(c1ccccc1)N(COP(=O)(O)O)c1nc2cnc(C(F)(F)F)cc2s1. The van der Waals surface area contributed by atoms with E-state index in [9.17, 15) is 22.5 Å². The van der Waals surface area contributed by atoms with Gasteiger partial charge >= 0.3 is 14.0 Å². The quantitative estimate of drug-likeness (QED) is 0.468. The molecule has 3 rings (SSSR count). The van der Waals surface area contributed by atoms with E-state index in [-0.39, 0.29) is 20.9 Å². The molecule has 8 nitrogen and oxygen atoms in total. The molecule has 0 unspecified atom stereocenters. The maximum absolute atomic E-state index is 12.8. The smallest absolute Gasteiger partial charge is 0.303 e. The minimum absolute atomic E-state index is 0.0926. The summed E-state index contributed by atoms with van der Waals surface area (Å²) in [5.74, 6) is -0.697. The van der Waals surface area contributed by atoms with Gasteiger partial charge in [-0.3, -0.25) is 14.2 Å². The molecule has 0 aliphatic rings. The van der Waals surface area contributed by atoms with E-state index in [0.717, 1.165) is 28.5 Å². The van der Waals surface area contributed by atoms with Gasteiger partial charge in [0.2, 0.25) is 0 Å². The van der Waals surface area contributed by atoms with E-state index in [4.69, 9.17) is 9.79 Å². The lowest BCUT2D eigenvalue weighted by Crippen LogP contribution is -2.32. The van der Waals surface area contributed by atoms with Gasteiger partial charge in [-0.15, -0.1) is 0 Å². The fourth-order valence-electron chi connectivity index (χ4n) is 2.16. The maximum Gasteiger partial charge on any atom is 0.471 e. The summed E-state index contributed by atoms with van der Waals surface area (Å²) in [5.41, 5.74) is -0.859. The van der Waals surface area contributed by atoms with E-state index in [1.165, 1.54) is 12.1 Å². The molecule has 1 amide bonds. The second kappa shape index (κ2) is 7.57. The monoisotopic (exact) mass is 433 g/mol. The molecule has 2 heterocycles. The molecular weight excluding hydrogens is 422 g/mol. The third-order valence-corrected chi connectivity index (χ3v) is 4.90. The fraction of sp³-hybridized carbons (Fsp3) is 0.133. The predicted molar refractivity (Wildman–Crippen MR) is 93.7 cm³/mol. The van der Waals surface area contributed by atoms with Gasteiger partial charge in [-0.05, 0) is 18.2 Å². The van der Waals surface area contributed by atoms with Crippen molar-refractivity contribution in [3.63, 3.8) is 0 Å². The van der Waals surface area contributed by atoms with Crippen LogP contribution < -0.4 is 4.90 Å². The molecule has 0 aliphatic carbocycles. The van der Waals surface area contributed by atoms with Gasteiger partial charge in [0, 0.05) is 5.56 Å². The molecule has 0 radical (unpaired) electrons. The van der Waals surface area contributed by atoms with Crippen molar-refractivity contribution in [2.24, 2.45) is 0 Å². The van der Waals surface area contributed by atoms with Crippen molar-refractivity contribution in [1.29, 1.82) is 0 Å². The Morgan fingerprint density at radius 2 is 1.93 bits per heavy atom. The van der Waals surface area contributed by atoms with Crippen molar-refractivity contribution < 1.29 is 36.8 Å². The third kappa shape index (κ3) is 4.72. The molecule has 2 aromatic heterocycles. The number of pyridine rings is 1. The van der Waals surface area contributed by atoms with Gasteiger partial charge in [-0.1, -0.05) is 29.5 Å². The second-order valence-electron chi connectivity index (χ2n) is 5.38. The number of carbonyl (C=O) groups is 1. The first-order chi connectivity index (χ1) is 13.0. The van der Waals surface area contributed by atoms with E-state index < -0.39 is 32.3 Å². The number of nitrogens with zero attached hydrogens (tertiary/aromatic N) is 3. The van der Waals surface area contributed by atoms with Crippen LogP contribution in [0.4, 0.5) is 18.3 Å². The summed E-state index contributed by atoms with van der Waals surface area (Å²) in [6, 6.07) is 8.52. The lowest BCUT2D eigenvalue weighted by Gasteiger charge is -2.19. The molecule has 0 saturated heterocycles. The number of alkyl halides is 3. The molecule has 0 saturated carbocycles. The zero-order chi connectivity index (χ0) is 20.5. The van der Waals surface area contributed by atoms with Crippen LogP contribution in [0.1, 0.15) is 16.1 Å². The average Bonchev–Trinajstić information content (AvgIpc) is 3.03. The Labute approximate surface area is 159 Å². The minimum Gasteiger partial charge on any atom is -0.303 e. The molecule has 0 spiro atoms. The largest absolute Gasteiger partial charge is 0.471 e. The Balaban J connectivity index is 2.01. The average molecular weight is 433 g/mol. The van der Waals surface area contributed by atoms with E-state index in [1.54, 1.807) is 18.2 Å². The number of phosphoric acid groups is 1. The van der Waals surface area contributed by atoms with Crippen molar-refractivity contribution >= 4 is 40.4 Å². The number of benzene rings is 1. The highest BCUT2D eigenvalue weighted by molar-refractivity contribution is 7.46. The molecular formula is C15H11F3N3O5PS. The lowest BCUT2D eigenvalue weighted by molar-refractivity contribution is -0.141. The predicted octanol–water partition coefficient (Wildman–Crippen LogP) is 3.42. The summed E-state index contributed by atoms with van der Waals surface area (Å²) in [7, 11) is -4.91. The summed E-state index contributed by atoms with van der Waals surface area (Å²) in [5, 5.41) is -0.0987. The van der Waals surface area contributed by atoms with Gasteiger partial charge in [-0.25, -0.2) is 14.5 Å². The maximum atomic E-state index is 12.8. The Bertz CT molecular complexity index is 1050. The molecule has 148 valence electrons. The number of anilines is 1. The molecule has 2 N–H and O–H groups in total. The standard InChI is InChI=1S/C15H11F3N3O5PS/c16-15(17,18)12-6-11-10(7-19-12)20-14(28-11)21(8-26-27(23,24)25)13(22)9-4-2-1-3-5-9/h1-7H,8H2,(H2,23,24,25). The van der Waals surface area contributed by atoms with Crippen molar-refractivity contribution in [3.8, 4) is 0 Å². The highest BCUT2D eigenvalue weighted by Crippen LogP contribution is 2.38. The van der Waals surface area contributed by atoms with Crippen LogP contribution in [0.15, 0.2) is 42.6 Å². The normalized spacial score (nSPS) is 12.3. The van der Waals surface area contributed by atoms with Crippen LogP contribution in [0.2, 0.25) is 0 Å². The van der Waals surface area contributed by atoms with Crippen molar-refractivity contribution in [1.82, 2.24) is 9.97 Å². The first kappa shape index (κ1) is 20.4. The summed E-state index contributed by atoms with van der Waals surface area (Å²) in [6.07, 6.45) is -3.74. The lowest BCUT2D eigenvalue weighted by atomic mass is 10.2. The van der Waals surface area contributed by atoms with Crippen LogP contribution in [0.25, 0.3) is 10.2 Å². The van der Waals surface area contributed by atoms with Gasteiger partial charge in [0.1, 0.15) is 17.9 Å². The first-order valence-electron chi connectivity index (χ1n) is 7.45. The van der Waals surface area contributed by atoms with E-state index in [2.05, 4.69) is 14.5 Å². The van der Waals surface area contributed by atoms with Gasteiger partial charge in [-0.2, -0.15) is 13.2 Å². The zero-order valence-electron chi connectivity index (χ0n) is 13.7. The number of halogens is 3. The number of fused-ring (bicyclic) bond motifs is 1. The Kier molecular flexibility index (Phi) is 5.50. The van der Waals surface area contributed by atoms with Crippen LogP contribution in [-0.4, -0.2) is 32.4 Å². The number of phosphoric ester groups is 1. The van der Waals surface area contributed by atoms with Crippen LogP contribution in [0.3, 0.4) is 0 Å². The number of thiazole rings is 1. The highest BCUT2D eigenvalue weighted by Gasteiger charge is 2.33. The van der Waals surface area contributed by atoms with E-state index in [0.29, 0.717) is 0 Å². The fourth-order valence-corrected chi connectivity index (χ4v) is 3.39. The Morgan fingerprint density at radius 1 is 1.25 bits per heavy atom. The van der Waals surface area contributed by atoms with Crippen molar-refractivity contribution in [2.45, 2.75) is 6.18 Å². The van der Waals surface area contributed by atoms with Crippen molar-refractivity contribution in [2.75, 3.05) is 11.6 Å².